The number of likely N-dealkylation sites (N-methyl/N-ethyl adjacent to an activating group) is 1. The molecular weight excluding hydrogens is 414 g/mol. The van der Waals surface area contributed by atoms with Crippen LogP contribution in [0.15, 0.2) is 18.2 Å². The monoisotopic (exact) mass is 443 g/mol. The standard InChI is InChI=1S/C20H29NO10/c1-12(22)29-11-13-3-4-14(9-16(13)28-8-7-27-6-5-21-2)30-17-10-15(23)18(24)19(31-17)20(25)26/h3-4,9,15,17-19,21,23-24H,5-8,10-11H2,1-2H3,(H,25,26)/t15?,17?,18-,19-/m0/s1. The Morgan fingerprint density at radius 3 is 2.68 bits per heavy atom. The van der Waals surface area contributed by atoms with E-state index < -0.39 is 36.5 Å². The fourth-order valence-corrected chi connectivity index (χ4v) is 2.80. The number of carbonyl (C=O) groups excluding carboxylic acids is 1. The molecule has 31 heavy (non-hydrogen) atoms. The van der Waals surface area contributed by atoms with Gasteiger partial charge in [-0.25, -0.2) is 4.79 Å². The van der Waals surface area contributed by atoms with E-state index in [9.17, 15) is 19.8 Å². The number of ether oxygens (including phenoxy) is 5. The summed E-state index contributed by atoms with van der Waals surface area (Å²) in [5.41, 5.74) is 0.598. The maximum absolute atomic E-state index is 11.2. The fourth-order valence-electron chi connectivity index (χ4n) is 2.80. The van der Waals surface area contributed by atoms with Crippen molar-refractivity contribution in [1.82, 2.24) is 5.32 Å². The van der Waals surface area contributed by atoms with Crippen molar-refractivity contribution in [2.75, 3.05) is 33.4 Å². The second-order valence-corrected chi connectivity index (χ2v) is 6.85. The minimum absolute atomic E-state index is 0.00250. The van der Waals surface area contributed by atoms with Crippen LogP contribution in [0.25, 0.3) is 0 Å². The predicted octanol–water partition coefficient (Wildman–Crippen LogP) is -0.335. The van der Waals surface area contributed by atoms with Gasteiger partial charge >= 0.3 is 11.9 Å². The second kappa shape index (κ2) is 12.4. The number of nitrogens with one attached hydrogen (secondary N) is 1. The van der Waals surface area contributed by atoms with Gasteiger partial charge in [0.2, 0.25) is 6.29 Å². The topological polar surface area (TPSA) is 153 Å². The lowest BCUT2D eigenvalue weighted by Gasteiger charge is -2.34. The van der Waals surface area contributed by atoms with Crippen molar-refractivity contribution in [3.8, 4) is 11.5 Å². The molecule has 0 amide bonds. The van der Waals surface area contributed by atoms with Crippen molar-refractivity contribution in [2.24, 2.45) is 0 Å². The van der Waals surface area contributed by atoms with Crippen LogP contribution in [-0.2, 0) is 30.4 Å². The second-order valence-electron chi connectivity index (χ2n) is 6.85. The molecular formula is C20H29NO10. The highest BCUT2D eigenvalue weighted by molar-refractivity contribution is 5.73. The quantitative estimate of drug-likeness (QED) is 0.248. The smallest absolute Gasteiger partial charge is 0.335 e. The van der Waals surface area contributed by atoms with Crippen LogP contribution in [0.2, 0.25) is 0 Å². The zero-order chi connectivity index (χ0) is 22.8. The van der Waals surface area contributed by atoms with Crippen molar-refractivity contribution >= 4 is 11.9 Å². The lowest BCUT2D eigenvalue weighted by Crippen LogP contribution is -2.53. The van der Waals surface area contributed by atoms with Gasteiger partial charge < -0.3 is 44.3 Å². The lowest BCUT2D eigenvalue weighted by molar-refractivity contribution is -0.228. The zero-order valence-corrected chi connectivity index (χ0v) is 17.5. The van der Waals surface area contributed by atoms with Crippen LogP contribution in [0, 0.1) is 0 Å². The number of aliphatic hydroxyl groups excluding tert-OH is 2. The Morgan fingerprint density at radius 1 is 1.23 bits per heavy atom. The van der Waals surface area contributed by atoms with Crippen molar-refractivity contribution in [3.05, 3.63) is 23.8 Å². The van der Waals surface area contributed by atoms with Gasteiger partial charge in [0.25, 0.3) is 0 Å². The highest BCUT2D eigenvalue weighted by atomic mass is 16.7. The van der Waals surface area contributed by atoms with Crippen LogP contribution >= 0.6 is 0 Å². The Morgan fingerprint density at radius 2 is 2.00 bits per heavy atom. The molecule has 174 valence electrons. The van der Waals surface area contributed by atoms with Crippen molar-refractivity contribution < 1.29 is 48.6 Å². The highest BCUT2D eigenvalue weighted by Crippen LogP contribution is 2.29. The van der Waals surface area contributed by atoms with E-state index in [1.54, 1.807) is 18.2 Å². The normalized spacial score (nSPS) is 23.2. The van der Waals surface area contributed by atoms with Crippen molar-refractivity contribution in [2.45, 2.75) is 44.6 Å². The number of carboxylic acid groups (broad SMARTS) is 1. The summed E-state index contributed by atoms with van der Waals surface area (Å²) < 4.78 is 27.1. The number of carbonyl (C=O) groups is 2. The van der Waals surface area contributed by atoms with Crippen LogP contribution < -0.4 is 14.8 Å². The van der Waals surface area contributed by atoms with Crippen molar-refractivity contribution in [3.63, 3.8) is 0 Å². The molecule has 1 heterocycles. The number of rotatable bonds is 12. The largest absolute Gasteiger partial charge is 0.491 e. The molecule has 2 rings (SSSR count). The Bertz CT molecular complexity index is 728. The van der Waals surface area contributed by atoms with Gasteiger partial charge in [0.15, 0.2) is 6.10 Å². The average Bonchev–Trinajstić information content (AvgIpc) is 2.72. The number of aliphatic hydroxyl groups is 2. The summed E-state index contributed by atoms with van der Waals surface area (Å²) in [7, 11) is 1.82. The van der Waals surface area contributed by atoms with Crippen LogP contribution in [0.3, 0.4) is 0 Å². The van der Waals surface area contributed by atoms with Gasteiger partial charge in [0.1, 0.15) is 30.8 Å². The first-order valence-corrected chi connectivity index (χ1v) is 9.84. The number of esters is 1. The van der Waals surface area contributed by atoms with Gasteiger partial charge in [-0.1, -0.05) is 0 Å². The summed E-state index contributed by atoms with van der Waals surface area (Å²) >= 11 is 0. The first-order valence-electron chi connectivity index (χ1n) is 9.84. The van der Waals surface area contributed by atoms with Crippen LogP contribution in [0.5, 0.6) is 11.5 Å². The molecule has 1 aromatic carbocycles. The van der Waals surface area contributed by atoms with Gasteiger partial charge in [-0.3, -0.25) is 4.79 Å². The predicted molar refractivity (Wildman–Crippen MR) is 106 cm³/mol. The molecule has 0 aliphatic carbocycles. The van der Waals surface area contributed by atoms with E-state index in [1.165, 1.54) is 6.92 Å². The summed E-state index contributed by atoms with van der Waals surface area (Å²) in [6.45, 7) is 3.12. The van der Waals surface area contributed by atoms with E-state index in [4.69, 9.17) is 28.8 Å². The number of carboxylic acids is 1. The molecule has 11 nitrogen and oxygen atoms in total. The molecule has 0 saturated carbocycles. The van der Waals surface area contributed by atoms with E-state index in [2.05, 4.69) is 5.32 Å². The molecule has 1 aliphatic heterocycles. The number of benzene rings is 1. The molecule has 1 fully saturated rings. The third kappa shape index (κ3) is 7.96. The van der Waals surface area contributed by atoms with Gasteiger partial charge in [0, 0.05) is 31.5 Å². The number of hydrogen-bond donors (Lipinski definition) is 4. The molecule has 0 radical (unpaired) electrons. The third-order valence-electron chi connectivity index (χ3n) is 4.40. The Labute approximate surface area is 179 Å². The molecule has 0 aromatic heterocycles. The van der Waals surface area contributed by atoms with Crippen LogP contribution in [-0.4, -0.2) is 85.3 Å². The van der Waals surface area contributed by atoms with Gasteiger partial charge in [-0.2, -0.15) is 0 Å². The Hall–Kier alpha value is -2.44. The zero-order valence-electron chi connectivity index (χ0n) is 17.5. The summed E-state index contributed by atoms with van der Waals surface area (Å²) in [5.74, 6) is -1.17. The molecule has 4 atom stereocenters. The Kier molecular flexibility index (Phi) is 9.95. The first-order chi connectivity index (χ1) is 14.8. The maximum atomic E-state index is 11.2. The highest BCUT2D eigenvalue weighted by Gasteiger charge is 2.42. The summed E-state index contributed by atoms with van der Waals surface area (Å²) in [6, 6.07) is 4.76. The number of hydrogen-bond acceptors (Lipinski definition) is 10. The minimum Gasteiger partial charge on any atom is -0.491 e. The fraction of sp³-hybridized carbons (Fsp3) is 0.600. The molecule has 0 spiro atoms. The molecule has 1 aromatic rings. The molecule has 1 aliphatic rings. The Balaban J connectivity index is 2.05. The third-order valence-corrected chi connectivity index (χ3v) is 4.40. The van der Waals surface area contributed by atoms with Gasteiger partial charge in [-0.05, 0) is 19.2 Å². The number of aliphatic carboxylic acids is 1. The maximum Gasteiger partial charge on any atom is 0.335 e. The SMILES string of the molecule is CNCCOCCOc1cc(OC2CC(O)[C@H](O)[C@@H](C(=O)O)O2)ccc1COC(C)=O. The molecule has 1 saturated heterocycles. The van der Waals surface area contributed by atoms with Crippen LogP contribution in [0.4, 0.5) is 0 Å². The van der Waals surface area contributed by atoms with E-state index >= 15 is 0 Å². The summed E-state index contributed by atoms with van der Waals surface area (Å²) in [6.07, 6.45) is -5.67. The first kappa shape index (κ1) is 24.8. The summed E-state index contributed by atoms with van der Waals surface area (Å²) in [5, 5.41) is 31.8. The molecule has 4 N–H and O–H groups in total. The molecule has 11 heteroatoms. The molecule has 2 unspecified atom stereocenters. The van der Waals surface area contributed by atoms with Crippen LogP contribution in [0.1, 0.15) is 18.9 Å². The average molecular weight is 443 g/mol. The van der Waals surface area contributed by atoms with Gasteiger partial charge in [-0.15, -0.1) is 0 Å². The molecule has 0 bridgehead atoms. The van der Waals surface area contributed by atoms with E-state index in [-0.39, 0.29) is 25.4 Å². The lowest BCUT2D eigenvalue weighted by atomic mass is 10.0. The summed E-state index contributed by atoms with van der Waals surface area (Å²) in [4.78, 5) is 22.4. The van der Waals surface area contributed by atoms with E-state index in [1.807, 2.05) is 7.05 Å². The van der Waals surface area contributed by atoms with Gasteiger partial charge in [0.05, 0.1) is 19.3 Å². The van der Waals surface area contributed by atoms with Crippen molar-refractivity contribution in [1.29, 1.82) is 0 Å². The van der Waals surface area contributed by atoms with E-state index in [0.717, 1.165) is 0 Å². The minimum atomic E-state index is -1.61. The van der Waals surface area contributed by atoms with E-state index in [0.29, 0.717) is 31.1 Å².